The Bertz CT molecular complexity index is 536. The van der Waals surface area contributed by atoms with Crippen molar-refractivity contribution in [2.75, 3.05) is 6.54 Å². The molecule has 1 aliphatic carbocycles. The molecule has 1 fully saturated rings. The Labute approximate surface area is 136 Å². The zero-order valence-corrected chi connectivity index (χ0v) is 13.3. The maximum Gasteiger partial charge on any atom is 0.303 e. The lowest BCUT2D eigenvalue weighted by Crippen LogP contribution is -2.43. The summed E-state index contributed by atoms with van der Waals surface area (Å²) in [5, 5.41) is 11.6. The van der Waals surface area contributed by atoms with Gasteiger partial charge in [0.05, 0.1) is 5.41 Å². The lowest BCUT2D eigenvalue weighted by molar-refractivity contribution is -0.137. The Kier molecular flexibility index (Phi) is 6.13. The highest BCUT2D eigenvalue weighted by atomic mass is 19.1. The van der Waals surface area contributed by atoms with Gasteiger partial charge < -0.3 is 10.4 Å². The van der Waals surface area contributed by atoms with Gasteiger partial charge in [-0.2, -0.15) is 0 Å². The summed E-state index contributed by atoms with van der Waals surface area (Å²) in [5.74, 6) is -1.06. The molecule has 0 unspecified atom stereocenters. The highest BCUT2D eigenvalue weighted by molar-refractivity contribution is 5.88. The highest BCUT2D eigenvalue weighted by Gasteiger charge is 2.42. The molecule has 1 aliphatic rings. The van der Waals surface area contributed by atoms with Crippen molar-refractivity contribution in [3.8, 4) is 0 Å². The highest BCUT2D eigenvalue weighted by Crippen LogP contribution is 2.41. The van der Waals surface area contributed by atoms with E-state index in [1.165, 1.54) is 12.1 Å². The first kappa shape index (κ1) is 17.4. The van der Waals surface area contributed by atoms with Gasteiger partial charge in [0.15, 0.2) is 0 Å². The van der Waals surface area contributed by atoms with Crippen molar-refractivity contribution in [2.45, 2.75) is 56.8 Å². The number of carbonyl (C=O) groups is 2. The van der Waals surface area contributed by atoms with Crippen molar-refractivity contribution in [2.24, 2.45) is 0 Å². The van der Waals surface area contributed by atoms with Crippen LogP contribution in [0.15, 0.2) is 24.3 Å². The first-order valence-corrected chi connectivity index (χ1v) is 8.31. The number of hydrogen-bond acceptors (Lipinski definition) is 2. The van der Waals surface area contributed by atoms with Gasteiger partial charge in [-0.3, -0.25) is 9.59 Å². The molecule has 1 saturated carbocycles. The molecule has 1 amide bonds. The second kappa shape index (κ2) is 8.09. The lowest BCUT2D eigenvalue weighted by atomic mass is 9.78. The number of unbranched alkanes of at least 4 members (excludes halogenated alkanes) is 2. The number of amides is 1. The number of carboxylic acids is 1. The fourth-order valence-electron chi connectivity index (χ4n) is 3.34. The predicted octanol–water partition coefficient (Wildman–Crippen LogP) is 3.40. The Balaban J connectivity index is 1.89. The summed E-state index contributed by atoms with van der Waals surface area (Å²) in [7, 11) is 0. The Morgan fingerprint density at radius 1 is 1.09 bits per heavy atom. The van der Waals surface area contributed by atoms with Crippen LogP contribution in [0, 0.1) is 5.82 Å². The Morgan fingerprint density at radius 3 is 2.35 bits per heavy atom. The lowest BCUT2D eigenvalue weighted by Gasteiger charge is -2.28. The van der Waals surface area contributed by atoms with Gasteiger partial charge in [0, 0.05) is 13.0 Å². The minimum Gasteiger partial charge on any atom is -0.481 e. The number of aliphatic carboxylic acids is 1. The van der Waals surface area contributed by atoms with Crippen molar-refractivity contribution < 1.29 is 19.1 Å². The summed E-state index contributed by atoms with van der Waals surface area (Å²) in [6.07, 6.45) is 5.97. The first-order valence-electron chi connectivity index (χ1n) is 8.31. The van der Waals surface area contributed by atoms with Crippen LogP contribution in [0.5, 0.6) is 0 Å². The topological polar surface area (TPSA) is 66.4 Å². The number of halogens is 1. The smallest absolute Gasteiger partial charge is 0.303 e. The molecular weight excluding hydrogens is 297 g/mol. The molecule has 0 radical (unpaired) electrons. The number of carboxylic acid groups (broad SMARTS) is 1. The molecule has 0 aromatic heterocycles. The van der Waals surface area contributed by atoms with Crippen molar-refractivity contribution in [3.63, 3.8) is 0 Å². The quantitative estimate of drug-likeness (QED) is 0.721. The molecule has 1 aromatic rings. The third kappa shape index (κ3) is 4.53. The van der Waals surface area contributed by atoms with Gasteiger partial charge in [-0.1, -0.05) is 31.4 Å². The average molecular weight is 321 g/mol. The summed E-state index contributed by atoms with van der Waals surface area (Å²) in [5.41, 5.74) is 0.356. The van der Waals surface area contributed by atoms with E-state index in [0.717, 1.165) is 44.1 Å². The van der Waals surface area contributed by atoms with E-state index >= 15 is 0 Å². The molecule has 2 rings (SSSR count). The Morgan fingerprint density at radius 2 is 1.74 bits per heavy atom. The minimum absolute atomic E-state index is 0.0137. The molecule has 4 nitrogen and oxygen atoms in total. The van der Waals surface area contributed by atoms with Crippen LogP contribution in [0.1, 0.15) is 56.9 Å². The SMILES string of the molecule is O=C(O)CCCCCNC(=O)C1(c2ccc(F)cc2)CCCC1. The minimum atomic E-state index is -0.782. The number of benzene rings is 1. The fourth-order valence-corrected chi connectivity index (χ4v) is 3.34. The molecule has 23 heavy (non-hydrogen) atoms. The second-order valence-corrected chi connectivity index (χ2v) is 6.26. The molecule has 0 heterocycles. The van der Waals surface area contributed by atoms with Crippen LogP contribution in [0.2, 0.25) is 0 Å². The normalized spacial score (nSPS) is 16.2. The van der Waals surface area contributed by atoms with E-state index in [1.54, 1.807) is 12.1 Å². The summed E-state index contributed by atoms with van der Waals surface area (Å²) >= 11 is 0. The van der Waals surface area contributed by atoms with Gasteiger partial charge in [-0.15, -0.1) is 0 Å². The first-order chi connectivity index (χ1) is 11.0. The third-order valence-electron chi connectivity index (χ3n) is 4.64. The second-order valence-electron chi connectivity index (χ2n) is 6.26. The number of hydrogen-bond donors (Lipinski definition) is 2. The molecule has 5 heteroatoms. The largest absolute Gasteiger partial charge is 0.481 e. The molecule has 0 spiro atoms. The number of nitrogens with one attached hydrogen (secondary N) is 1. The summed E-state index contributed by atoms with van der Waals surface area (Å²) in [6.45, 7) is 0.557. The van der Waals surface area contributed by atoms with Gasteiger partial charge in [0.2, 0.25) is 5.91 Å². The van der Waals surface area contributed by atoms with Crippen molar-refractivity contribution >= 4 is 11.9 Å². The van der Waals surface area contributed by atoms with Crippen LogP contribution in [0.4, 0.5) is 4.39 Å². The van der Waals surface area contributed by atoms with Gasteiger partial charge in [-0.25, -0.2) is 4.39 Å². The van der Waals surface area contributed by atoms with Gasteiger partial charge in [0.1, 0.15) is 5.82 Å². The van der Waals surface area contributed by atoms with Crippen molar-refractivity contribution in [3.05, 3.63) is 35.6 Å². The molecular formula is C18H24FNO3. The average Bonchev–Trinajstić information content (AvgIpc) is 3.02. The summed E-state index contributed by atoms with van der Waals surface area (Å²) < 4.78 is 13.1. The van der Waals surface area contributed by atoms with Crippen LogP contribution >= 0.6 is 0 Å². The van der Waals surface area contributed by atoms with E-state index in [4.69, 9.17) is 5.11 Å². The zero-order chi connectivity index (χ0) is 16.7. The molecule has 0 bridgehead atoms. The van der Waals surface area contributed by atoms with E-state index in [9.17, 15) is 14.0 Å². The van der Waals surface area contributed by atoms with Gasteiger partial charge >= 0.3 is 5.97 Å². The van der Waals surface area contributed by atoms with E-state index in [2.05, 4.69) is 5.32 Å². The number of rotatable bonds is 8. The third-order valence-corrected chi connectivity index (χ3v) is 4.64. The summed E-state index contributed by atoms with van der Waals surface area (Å²) in [6, 6.07) is 6.25. The summed E-state index contributed by atoms with van der Waals surface area (Å²) in [4.78, 5) is 23.1. The van der Waals surface area contributed by atoms with E-state index in [-0.39, 0.29) is 18.1 Å². The molecule has 0 saturated heterocycles. The Hall–Kier alpha value is -1.91. The van der Waals surface area contributed by atoms with E-state index < -0.39 is 11.4 Å². The van der Waals surface area contributed by atoms with Crippen molar-refractivity contribution in [1.82, 2.24) is 5.32 Å². The van der Waals surface area contributed by atoms with Crippen LogP contribution in [-0.4, -0.2) is 23.5 Å². The molecule has 126 valence electrons. The number of carbonyl (C=O) groups excluding carboxylic acids is 1. The van der Waals surface area contributed by atoms with Crippen molar-refractivity contribution in [1.29, 1.82) is 0 Å². The van der Waals surface area contributed by atoms with Gasteiger partial charge in [-0.05, 0) is 43.4 Å². The van der Waals surface area contributed by atoms with Crippen LogP contribution in [-0.2, 0) is 15.0 Å². The van der Waals surface area contributed by atoms with E-state index in [1.807, 2.05) is 0 Å². The maximum atomic E-state index is 13.1. The zero-order valence-electron chi connectivity index (χ0n) is 13.3. The molecule has 0 atom stereocenters. The fraction of sp³-hybridized carbons (Fsp3) is 0.556. The van der Waals surface area contributed by atoms with E-state index in [0.29, 0.717) is 13.0 Å². The van der Waals surface area contributed by atoms with Gasteiger partial charge in [0.25, 0.3) is 0 Å². The maximum absolute atomic E-state index is 13.1. The molecule has 0 aliphatic heterocycles. The van der Waals surface area contributed by atoms with Crippen LogP contribution in [0.25, 0.3) is 0 Å². The monoisotopic (exact) mass is 321 g/mol. The molecule has 2 N–H and O–H groups in total. The predicted molar refractivity (Wildman–Crippen MR) is 85.7 cm³/mol. The van der Waals surface area contributed by atoms with Crippen LogP contribution < -0.4 is 5.32 Å². The standard InChI is InChI=1S/C18H24FNO3/c19-15-9-7-14(8-10-15)18(11-3-4-12-18)17(23)20-13-5-1-2-6-16(21)22/h7-10H,1-6,11-13H2,(H,20,23)(H,21,22). The molecule has 1 aromatic carbocycles. The van der Waals surface area contributed by atoms with Crippen LogP contribution in [0.3, 0.4) is 0 Å².